The molecule has 1 N–H and O–H groups in total. The van der Waals surface area contributed by atoms with E-state index in [2.05, 4.69) is 24.9 Å². The molecule has 0 atom stereocenters. The number of hydrogen-bond donors (Lipinski definition) is 1. The van der Waals surface area contributed by atoms with Crippen molar-refractivity contribution in [3.05, 3.63) is 83.1 Å². The zero-order valence-corrected chi connectivity index (χ0v) is 16.2. The molecule has 0 spiro atoms. The Kier molecular flexibility index (Phi) is 3.82. The summed E-state index contributed by atoms with van der Waals surface area (Å²) in [6.45, 7) is 1.23. The molecule has 0 saturated carbocycles. The third-order valence-electron chi connectivity index (χ3n) is 5.65. The van der Waals surface area contributed by atoms with Crippen molar-refractivity contribution in [1.29, 1.82) is 0 Å². The third kappa shape index (κ3) is 2.70. The summed E-state index contributed by atoms with van der Waals surface area (Å²) in [5, 5.41) is -0.0119. The fourth-order valence-electron chi connectivity index (χ4n) is 4.11. The molecule has 9 heteroatoms. The zero-order chi connectivity index (χ0) is 20.9. The van der Waals surface area contributed by atoms with Gasteiger partial charge >= 0.3 is 0 Å². The van der Waals surface area contributed by atoms with E-state index in [1.165, 1.54) is 17.0 Å². The smallest absolute Gasteiger partial charge is 0.270 e. The molecule has 0 bridgehead atoms. The van der Waals surface area contributed by atoms with Gasteiger partial charge < -0.3 is 9.88 Å². The lowest BCUT2D eigenvalue weighted by Gasteiger charge is -2.40. The van der Waals surface area contributed by atoms with Gasteiger partial charge in [-0.2, -0.15) is 0 Å². The normalized spacial score (nSPS) is 14.3. The van der Waals surface area contributed by atoms with Crippen molar-refractivity contribution in [1.82, 2.24) is 29.5 Å². The Morgan fingerprint density at radius 3 is 2.68 bits per heavy atom. The van der Waals surface area contributed by atoms with E-state index in [1.54, 1.807) is 18.5 Å². The number of nitrogens with zero attached hydrogens (tertiary/aromatic N) is 6. The number of para-hydroxylation sites is 1. The van der Waals surface area contributed by atoms with Gasteiger partial charge in [0.1, 0.15) is 23.0 Å². The summed E-state index contributed by atoms with van der Waals surface area (Å²) in [4.78, 5) is 35.9. The highest BCUT2D eigenvalue weighted by Crippen LogP contribution is 2.33. The van der Waals surface area contributed by atoms with Crippen LogP contribution < -0.4 is 10.5 Å². The third-order valence-corrected chi connectivity index (χ3v) is 5.65. The van der Waals surface area contributed by atoms with Crippen molar-refractivity contribution < 1.29 is 4.39 Å². The molecular formula is C22H16FN7O. The molecular weight excluding hydrogens is 397 g/mol. The minimum absolute atomic E-state index is 0.0119. The fraction of sp³-hybridized carbons (Fsp3) is 0.136. The summed E-state index contributed by atoms with van der Waals surface area (Å²) in [6.07, 6.45) is 3.11. The number of rotatable bonds is 3. The van der Waals surface area contributed by atoms with Gasteiger partial charge in [0.05, 0.1) is 23.2 Å². The molecule has 31 heavy (non-hydrogen) atoms. The van der Waals surface area contributed by atoms with Crippen LogP contribution in [-0.2, 0) is 0 Å². The van der Waals surface area contributed by atoms with Gasteiger partial charge in [0.2, 0.25) is 5.95 Å². The maximum atomic E-state index is 14.5. The van der Waals surface area contributed by atoms with Crippen LogP contribution in [0.3, 0.4) is 0 Å². The van der Waals surface area contributed by atoms with Crippen LogP contribution in [-0.4, -0.2) is 42.6 Å². The van der Waals surface area contributed by atoms with E-state index in [0.29, 0.717) is 35.9 Å². The van der Waals surface area contributed by atoms with Crippen LogP contribution in [0.25, 0.3) is 27.8 Å². The lowest BCUT2D eigenvalue weighted by molar-refractivity contribution is 0.500. The van der Waals surface area contributed by atoms with Gasteiger partial charge in [-0.25, -0.2) is 28.9 Å². The van der Waals surface area contributed by atoms with Crippen LogP contribution in [0.4, 0.5) is 10.3 Å². The number of aromatic amines is 1. The monoisotopic (exact) mass is 413 g/mol. The average Bonchev–Trinajstić information content (AvgIpc) is 3.23. The SMILES string of the molecule is O=c1c2c(F)cccc2nc(N2CC(c3ncnc4nc[nH]c34)C2)n1-c1ccccc1. The van der Waals surface area contributed by atoms with Crippen LogP contribution >= 0.6 is 0 Å². The molecule has 6 rings (SSSR count). The van der Waals surface area contributed by atoms with Crippen molar-refractivity contribution in [2.24, 2.45) is 0 Å². The number of halogens is 1. The second-order valence-corrected chi connectivity index (χ2v) is 7.48. The highest BCUT2D eigenvalue weighted by Gasteiger charge is 2.34. The first-order valence-electron chi connectivity index (χ1n) is 9.86. The van der Waals surface area contributed by atoms with Crippen LogP contribution in [0, 0.1) is 5.82 Å². The van der Waals surface area contributed by atoms with Crippen molar-refractivity contribution in [3.8, 4) is 5.69 Å². The van der Waals surface area contributed by atoms with E-state index in [4.69, 9.17) is 0 Å². The first kappa shape index (κ1) is 17.7. The summed E-state index contributed by atoms with van der Waals surface area (Å²) < 4.78 is 16.0. The molecule has 3 aromatic heterocycles. The average molecular weight is 413 g/mol. The molecule has 0 aliphatic carbocycles. The van der Waals surface area contributed by atoms with Crippen LogP contribution in [0.15, 0.2) is 66.0 Å². The first-order valence-corrected chi connectivity index (χ1v) is 9.86. The maximum absolute atomic E-state index is 14.5. The second-order valence-electron chi connectivity index (χ2n) is 7.48. The van der Waals surface area contributed by atoms with Gasteiger partial charge in [-0.15, -0.1) is 0 Å². The lowest BCUT2D eigenvalue weighted by Crippen LogP contribution is -2.48. The van der Waals surface area contributed by atoms with Gasteiger partial charge in [-0.1, -0.05) is 24.3 Å². The highest BCUT2D eigenvalue weighted by atomic mass is 19.1. The van der Waals surface area contributed by atoms with E-state index < -0.39 is 11.4 Å². The first-order chi connectivity index (χ1) is 15.2. The number of anilines is 1. The van der Waals surface area contributed by atoms with Crippen LogP contribution in [0.1, 0.15) is 11.6 Å². The standard InChI is InChI=1S/C22H16FN7O/c23-15-7-4-8-16-17(15)21(31)30(14-5-2-1-3-6-14)22(28-16)29-9-13(10-29)18-19-20(26-11-24-18)27-12-25-19/h1-8,11-13H,9-10H2,(H,24,25,26,27). The Hall–Kier alpha value is -4.14. The van der Waals surface area contributed by atoms with E-state index in [9.17, 15) is 9.18 Å². The van der Waals surface area contributed by atoms with Gasteiger partial charge in [0.15, 0.2) is 5.65 Å². The van der Waals surface area contributed by atoms with Gasteiger partial charge in [0.25, 0.3) is 5.56 Å². The Morgan fingerprint density at radius 2 is 1.84 bits per heavy atom. The molecule has 1 aliphatic rings. The molecule has 1 aliphatic heterocycles. The Morgan fingerprint density at radius 1 is 1.00 bits per heavy atom. The quantitative estimate of drug-likeness (QED) is 0.489. The lowest BCUT2D eigenvalue weighted by atomic mass is 9.95. The summed E-state index contributed by atoms with van der Waals surface area (Å²) >= 11 is 0. The summed E-state index contributed by atoms with van der Waals surface area (Å²) in [5.41, 5.74) is 2.89. The van der Waals surface area contributed by atoms with Crippen molar-refractivity contribution in [2.45, 2.75) is 5.92 Å². The molecule has 4 heterocycles. The van der Waals surface area contributed by atoms with Gasteiger partial charge in [-0.05, 0) is 24.3 Å². The molecule has 1 fully saturated rings. The van der Waals surface area contributed by atoms with Crippen LogP contribution in [0.2, 0.25) is 0 Å². The fourth-order valence-corrected chi connectivity index (χ4v) is 4.11. The number of imidazole rings is 1. The summed E-state index contributed by atoms with van der Waals surface area (Å²) in [7, 11) is 0. The predicted molar refractivity (Wildman–Crippen MR) is 114 cm³/mol. The molecule has 8 nitrogen and oxygen atoms in total. The highest BCUT2D eigenvalue weighted by molar-refractivity contribution is 5.80. The molecule has 0 amide bonds. The molecule has 0 radical (unpaired) electrons. The van der Waals surface area contributed by atoms with Gasteiger partial charge in [0, 0.05) is 19.0 Å². The Bertz CT molecular complexity index is 1490. The van der Waals surface area contributed by atoms with E-state index in [0.717, 1.165) is 11.2 Å². The molecule has 5 aromatic rings. The largest absolute Gasteiger partial charge is 0.342 e. The second kappa shape index (κ2) is 6.69. The minimum Gasteiger partial charge on any atom is -0.342 e. The molecule has 0 unspecified atom stereocenters. The van der Waals surface area contributed by atoms with E-state index >= 15 is 0 Å². The zero-order valence-electron chi connectivity index (χ0n) is 16.2. The predicted octanol–water partition coefficient (Wildman–Crippen LogP) is 2.79. The topological polar surface area (TPSA) is 92.6 Å². The van der Waals surface area contributed by atoms with E-state index in [1.807, 2.05) is 35.2 Å². The van der Waals surface area contributed by atoms with Crippen molar-refractivity contribution in [2.75, 3.05) is 18.0 Å². The van der Waals surface area contributed by atoms with Crippen molar-refractivity contribution in [3.63, 3.8) is 0 Å². The maximum Gasteiger partial charge on any atom is 0.270 e. The number of H-pyrrole nitrogens is 1. The van der Waals surface area contributed by atoms with Gasteiger partial charge in [-0.3, -0.25) is 4.79 Å². The number of hydrogen-bond acceptors (Lipinski definition) is 6. The molecule has 2 aromatic carbocycles. The number of nitrogens with one attached hydrogen (secondary N) is 1. The van der Waals surface area contributed by atoms with Crippen LogP contribution in [0.5, 0.6) is 0 Å². The minimum atomic E-state index is -0.574. The molecule has 1 saturated heterocycles. The Labute approximate surface area is 175 Å². The summed E-state index contributed by atoms with van der Waals surface area (Å²) in [6, 6.07) is 13.7. The number of aromatic nitrogens is 6. The van der Waals surface area contributed by atoms with E-state index in [-0.39, 0.29) is 11.3 Å². The molecule has 152 valence electrons. The summed E-state index contributed by atoms with van der Waals surface area (Å²) in [5.74, 6) is 0.0473. The Balaban J connectivity index is 1.46. The van der Waals surface area contributed by atoms with Crippen molar-refractivity contribution >= 4 is 28.0 Å². The number of fused-ring (bicyclic) bond motifs is 2. The number of benzene rings is 2.